The summed E-state index contributed by atoms with van der Waals surface area (Å²) in [5, 5.41) is 15.7. The molecule has 0 unspecified atom stereocenters. The van der Waals surface area contributed by atoms with E-state index in [1.54, 1.807) is 10.9 Å². The number of hydrogen-bond acceptors (Lipinski definition) is 4. The van der Waals surface area contributed by atoms with Crippen LogP contribution < -0.4 is 0 Å². The number of carbonyl (C=O) groups excluding carboxylic acids is 1. The van der Waals surface area contributed by atoms with Gasteiger partial charge in [0.2, 0.25) is 5.91 Å². The second-order valence-electron chi connectivity index (χ2n) is 7.17. The standard InChI is InChI=1S/C19H25N3O3/c1-2-25-17-11-16(23)19(17)7-9-21(10-8-19)18(24)13-22-15-6-4-3-5-14(15)12-20-22/h3-6,12,16-17,23H,2,7-11,13H2,1H3/t16-,17+/m1/s1. The smallest absolute Gasteiger partial charge is 0.244 e. The summed E-state index contributed by atoms with van der Waals surface area (Å²) in [4.78, 5) is 14.6. The number of carbonyl (C=O) groups is 1. The minimum absolute atomic E-state index is 0.0884. The zero-order valence-corrected chi connectivity index (χ0v) is 14.6. The van der Waals surface area contributed by atoms with Crippen LogP contribution in [0.15, 0.2) is 30.5 Å². The predicted octanol–water partition coefficient (Wildman–Crippen LogP) is 1.81. The predicted molar refractivity (Wildman–Crippen MR) is 94.0 cm³/mol. The molecule has 1 spiro atoms. The van der Waals surface area contributed by atoms with Crippen LogP contribution in [0.5, 0.6) is 0 Å². The lowest BCUT2D eigenvalue weighted by atomic mass is 9.58. The van der Waals surface area contributed by atoms with Gasteiger partial charge in [-0.15, -0.1) is 0 Å². The van der Waals surface area contributed by atoms with E-state index in [4.69, 9.17) is 4.74 Å². The van der Waals surface area contributed by atoms with Gasteiger partial charge in [-0.3, -0.25) is 9.48 Å². The lowest BCUT2D eigenvalue weighted by Gasteiger charge is -2.56. The Labute approximate surface area is 147 Å². The second kappa shape index (κ2) is 6.42. The monoisotopic (exact) mass is 343 g/mol. The number of aliphatic hydroxyl groups is 1. The average Bonchev–Trinajstić information content (AvgIpc) is 3.05. The van der Waals surface area contributed by atoms with Crippen LogP contribution in [0.25, 0.3) is 10.9 Å². The number of piperidine rings is 1. The van der Waals surface area contributed by atoms with Crippen molar-refractivity contribution in [1.29, 1.82) is 0 Å². The van der Waals surface area contributed by atoms with Gasteiger partial charge in [-0.25, -0.2) is 0 Å². The first-order valence-electron chi connectivity index (χ1n) is 9.12. The zero-order chi connectivity index (χ0) is 17.4. The van der Waals surface area contributed by atoms with Crippen LogP contribution in [-0.4, -0.2) is 57.6 Å². The third kappa shape index (κ3) is 2.73. The van der Waals surface area contributed by atoms with Crippen molar-refractivity contribution >= 4 is 16.8 Å². The number of amides is 1. The molecule has 0 bridgehead atoms. The average molecular weight is 343 g/mol. The Bertz CT molecular complexity index is 762. The summed E-state index contributed by atoms with van der Waals surface area (Å²) in [7, 11) is 0. The molecule has 1 aromatic heterocycles. The first-order valence-corrected chi connectivity index (χ1v) is 9.12. The number of para-hydroxylation sites is 1. The quantitative estimate of drug-likeness (QED) is 0.919. The van der Waals surface area contributed by atoms with E-state index < -0.39 is 0 Å². The number of ether oxygens (including phenoxy) is 1. The molecule has 1 amide bonds. The van der Waals surface area contributed by atoms with Crippen molar-refractivity contribution in [2.45, 2.75) is 44.9 Å². The van der Waals surface area contributed by atoms with E-state index in [2.05, 4.69) is 5.10 Å². The summed E-state index contributed by atoms with van der Waals surface area (Å²) in [5.41, 5.74) is 0.834. The van der Waals surface area contributed by atoms with Gasteiger partial charge in [-0.2, -0.15) is 5.10 Å². The molecular weight excluding hydrogens is 318 g/mol. The Morgan fingerprint density at radius 3 is 2.84 bits per heavy atom. The van der Waals surface area contributed by atoms with Crippen LogP contribution in [0.1, 0.15) is 26.2 Å². The number of benzene rings is 1. The first kappa shape index (κ1) is 16.5. The van der Waals surface area contributed by atoms with Crippen molar-refractivity contribution < 1.29 is 14.6 Å². The fraction of sp³-hybridized carbons (Fsp3) is 0.579. The lowest BCUT2D eigenvalue weighted by molar-refractivity contribution is -0.210. The maximum Gasteiger partial charge on any atom is 0.244 e. The molecule has 2 fully saturated rings. The summed E-state index contributed by atoms with van der Waals surface area (Å²) < 4.78 is 7.56. The SMILES string of the molecule is CCO[C@H]1C[C@@H](O)C12CCN(C(=O)Cn1ncc3ccccc31)CC2. The number of aromatic nitrogens is 2. The van der Waals surface area contributed by atoms with E-state index in [0.717, 1.165) is 30.2 Å². The highest BCUT2D eigenvalue weighted by Gasteiger charge is 2.56. The van der Waals surface area contributed by atoms with Gasteiger partial charge < -0.3 is 14.7 Å². The summed E-state index contributed by atoms with van der Waals surface area (Å²) >= 11 is 0. The zero-order valence-electron chi connectivity index (χ0n) is 14.6. The summed E-state index contributed by atoms with van der Waals surface area (Å²) in [6, 6.07) is 7.92. The van der Waals surface area contributed by atoms with Gasteiger partial charge in [0.25, 0.3) is 0 Å². The van der Waals surface area contributed by atoms with Crippen molar-refractivity contribution in [2.24, 2.45) is 5.41 Å². The van der Waals surface area contributed by atoms with E-state index in [1.807, 2.05) is 36.1 Å². The van der Waals surface area contributed by atoms with Crippen molar-refractivity contribution in [3.8, 4) is 0 Å². The van der Waals surface area contributed by atoms with Crippen LogP contribution in [-0.2, 0) is 16.1 Å². The van der Waals surface area contributed by atoms with Gasteiger partial charge in [-0.1, -0.05) is 18.2 Å². The maximum atomic E-state index is 12.7. The molecule has 1 saturated carbocycles. The molecule has 1 aliphatic carbocycles. The molecular formula is C19H25N3O3. The normalized spacial score (nSPS) is 25.3. The molecule has 2 aromatic rings. The third-order valence-corrected chi connectivity index (χ3v) is 5.99. The Balaban J connectivity index is 1.40. The van der Waals surface area contributed by atoms with Crippen LogP contribution in [0.3, 0.4) is 0 Å². The maximum absolute atomic E-state index is 12.7. The molecule has 1 aromatic carbocycles. The van der Waals surface area contributed by atoms with Crippen molar-refractivity contribution in [1.82, 2.24) is 14.7 Å². The number of aliphatic hydroxyl groups excluding tert-OH is 1. The van der Waals surface area contributed by atoms with Crippen molar-refractivity contribution in [2.75, 3.05) is 19.7 Å². The van der Waals surface area contributed by atoms with Gasteiger partial charge in [0.15, 0.2) is 0 Å². The molecule has 0 radical (unpaired) electrons. The molecule has 6 heteroatoms. The molecule has 25 heavy (non-hydrogen) atoms. The van der Waals surface area contributed by atoms with Crippen molar-refractivity contribution in [3.63, 3.8) is 0 Å². The van der Waals surface area contributed by atoms with Gasteiger partial charge in [-0.05, 0) is 25.8 Å². The Morgan fingerprint density at radius 2 is 2.12 bits per heavy atom. The topological polar surface area (TPSA) is 67.6 Å². The number of hydrogen-bond donors (Lipinski definition) is 1. The second-order valence-corrected chi connectivity index (χ2v) is 7.17. The first-order chi connectivity index (χ1) is 12.1. The highest BCUT2D eigenvalue weighted by Crippen LogP contribution is 2.50. The fourth-order valence-corrected chi connectivity index (χ4v) is 4.37. The minimum Gasteiger partial charge on any atom is -0.392 e. The number of nitrogens with zero attached hydrogens (tertiary/aromatic N) is 3. The molecule has 134 valence electrons. The largest absolute Gasteiger partial charge is 0.392 e. The van der Waals surface area contributed by atoms with E-state index in [0.29, 0.717) is 19.7 Å². The molecule has 1 N–H and O–H groups in total. The minimum atomic E-state index is -0.295. The fourth-order valence-electron chi connectivity index (χ4n) is 4.37. The lowest BCUT2D eigenvalue weighted by Crippen LogP contribution is -2.62. The summed E-state index contributed by atoms with van der Waals surface area (Å²) in [6.07, 6.45) is 3.98. The number of fused-ring (bicyclic) bond motifs is 1. The molecule has 2 aliphatic rings. The van der Waals surface area contributed by atoms with E-state index in [-0.39, 0.29) is 30.1 Å². The molecule has 2 heterocycles. The van der Waals surface area contributed by atoms with Crippen LogP contribution >= 0.6 is 0 Å². The van der Waals surface area contributed by atoms with Crippen LogP contribution in [0.2, 0.25) is 0 Å². The number of likely N-dealkylation sites (tertiary alicyclic amines) is 1. The summed E-state index contributed by atoms with van der Waals surface area (Å²) in [6.45, 7) is 4.29. The van der Waals surface area contributed by atoms with Gasteiger partial charge in [0, 0.05) is 36.9 Å². The van der Waals surface area contributed by atoms with E-state index in [1.165, 1.54) is 0 Å². The van der Waals surface area contributed by atoms with Gasteiger partial charge in [0.05, 0.1) is 23.9 Å². The molecule has 1 saturated heterocycles. The van der Waals surface area contributed by atoms with Gasteiger partial charge in [0.1, 0.15) is 6.54 Å². The third-order valence-electron chi connectivity index (χ3n) is 5.99. The van der Waals surface area contributed by atoms with Crippen LogP contribution in [0, 0.1) is 5.41 Å². The van der Waals surface area contributed by atoms with Crippen LogP contribution in [0.4, 0.5) is 0 Å². The highest BCUT2D eigenvalue weighted by atomic mass is 16.5. The Hall–Kier alpha value is -1.92. The molecule has 1 aliphatic heterocycles. The molecule has 6 nitrogen and oxygen atoms in total. The Kier molecular flexibility index (Phi) is 4.25. The highest BCUT2D eigenvalue weighted by molar-refractivity contribution is 5.82. The van der Waals surface area contributed by atoms with E-state index >= 15 is 0 Å². The summed E-state index contributed by atoms with van der Waals surface area (Å²) in [5.74, 6) is 0.0884. The molecule has 4 rings (SSSR count). The molecule has 2 atom stereocenters. The van der Waals surface area contributed by atoms with Gasteiger partial charge >= 0.3 is 0 Å². The Morgan fingerprint density at radius 1 is 1.36 bits per heavy atom. The van der Waals surface area contributed by atoms with E-state index in [9.17, 15) is 9.90 Å². The van der Waals surface area contributed by atoms with Crippen molar-refractivity contribution in [3.05, 3.63) is 30.5 Å². The number of rotatable bonds is 4.